The van der Waals surface area contributed by atoms with Crippen LogP contribution in [0.4, 0.5) is 10.6 Å². The summed E-state index contributed by atoms with van der Waals surface area (Å²) in [7, 11) is 0. The van der Waals surface area contributed by atoms with E-state index in [0.29, 0.717) is 47.3 Å². The lowest BCUT2D eigenvalue weighted by molar-refractivity contribution is -0.138. The summed E-state index contributed by atoms with van der Waals surface area (Å²) in [4.78, 5) is 60.1. The van der Waals surface area contributed by atoms with Crippen molar-refractivity contribution in [3.8, 4) is 0 Å². The van der Waals surface area contributed by atoms with Gasteiger partial charge in [0.05, 0.1) is 24.5 Å². The zero-order valence-corrected chi connectivity index (χ0v) is 28.7. The number of nitrogens with one attached hydrogen (secondary N) is 4. The summed E-state index contributed by atoms with van der Waals surface area (Å²) in [5.41, 5.74) is 6.14. The van der Waals surface area contributed by atoms with Crippen molar-refractivity contribution in [2.45, 2.75) is 106 Å². The van der Waals surface area contributed by atoms with Crippen molar-refractivity contribution < 1.29 is 39.2 Å². The number of ether oxygens (including phenoxy) is 1. The van der Waals surface area contributed by atoms with Crippen molar-refractivity contribution in [2.75, 3.05) is 29.1 Å². The highest BCUT2D eigenvalue weighted by molar-refractivity contribution is 8.00. The molecule has 3 aliphatic heterocycles. The third kappa shape index (κ3) is 9.72. The summed E-state index contributed by atoms with van der Waals surface area (Å²) in [5.74, 6) is 0.615. The number of unbranched alkanes of at least 4 members (excludes halogenated alkanes) is 3. The first-order valence-electron chi connectivity index (χ1n) is 16.6. The smallest absolute Gasteiger partial charge is 0.320 e. The second-order valence-corrected chi connectivity index (χ2v) is 14.9. The van der Waals surface area contributed by atoms with Crippen LogP contribution in [0, 0.1) is 0 Å². The normalized spacial score (nSPS) is 26.7. The van der Waals surface area contributed by atoms with Crippen LogP contribution in [0.1, 0.15) is 64.0 Å². The van der Waals surface area contributed by atoms with Gasteiger partial charge in [-0.15, -0.1) is 0 Å². The number of aliphatic hydroxyl groups is 2. The Morgan fingerprint density at radius 2 is 1.88 bits per heavy atom. The fraction of sp³-hybridized carbons (Fsp3) is 0.700. The Hall–Kier alpha value is -3.23. The van der Waals surface area contributed by atoms with Crippen LogP contribution in [0.5, 0.6) is 0 Å². The summed E-state index contributed by atoms with van der Waals surface area (Å²) < 4.78 is 7.42. The molecule has 19 heteroatoms. The van der Waals surface area contributed by atoms with Gasteiger partial charge in [0.1, 0.15) is 24.6 Å². The van der Waals surface area contributed by atoms with Gasteiger partial charge in [0.2, 0.25) is 11.8 Å². The van der Waals surface area contributed by atoms with Crippen LogP contribution in [0.2, 0.25) is 0 Å². The molecule has 0 aliphatic carbocycles. The van der Waals surface area contributed by atoms with Gasteiger partial charge in [0.15, 0.2) is 23.2 Å². The maximum Gasteiger partial charge on any atom is 0.320 e. The predicted octanol–water partition coefficient (Wildman–Crippen LogP) is 0.322. The minimum absolute atomic E-state index is 0.0235. The SMILES string of the molecule is N[C@@H](CCSC[C@H]1OC(n2cnc3c(NC(=O)CCCCCNC(=O)CCCCC4SC[C@@H]5NC(=O)N[C@H]45)ncnc32)C(O)[C@@H]1O)C(=O)O. The molecule has 270 valence electrons. The summed E-state index contributed by atoms with van der Waals surface area (Å²) in [6, 6.07) is -0.650. The fourth-order valence-electron chi connectivity index (χ4n) is 6.13. The third-order valence-electron chi connectivity index (χ3n) is 8.88. The molecule has 2 aromatic heterocycles. The van der Waals surface area contributed by atoms with E-state index >= 15 is 0 Å². The molecule has 0 spiro atoms. The molecule has 0 bridgehead atoms. The number of amides is 4. The summed E-state index contributed by atoms with van der Waals surface area (Å²) in [5, 5.41) is 42.3. The van der Waals surface area contributed by atoms with E-state index in [-0.39, 0.29) is 48.6 Å². The van der Waals surface area contributed by atoms with Gasteiger partial charge >= 0.3 is 12.0 Å². The van der Waals surface area contributed by atoms with E-state index in [9.17, 15) is 29.4 Å². The fourth-order valence-corrected chi connectivity index (χ4v) is 8.77. The number of anilines is 1. The van der Waals surface area contributed by atoms with Crippen LogP contribution in [0.3, 0.4) is 0 Å². The molecule has 2 aromatic rings. The first kappa shape index (κ1) is 37.0. The molecule has 5 heterocycles. The average molecular weight is 724 g/mol. The number of aliphatic hydroxyl groups excluding tert-OH is 2. The molecule has 0 radical (unpaired) electrons. The van der Waals surface area contributed by atoms with Gasteiger partial charge in [-0.2, -0.15) is 23.5 Å². The van der Waals surface area contributed by atoms with Gasteiger partial charge < -0.3 is 47.1 Å². The van der Waals surface area contributed by atoms with E-state index in [1.807, 2.05) is 11.8 Å². The van der Waals surface area contributed by atoms with Crippen molar-refractivity contribution in [3.63, 3.8) is 0 Å². The summed E-state index contributed by atoms with van der Waals surface area (Å²) >= 11 is 3.25. The van der Waals surface area contributed by atoms with Crippen LogP contribution in [0.25, 0.3) is 11.2 Å². The predicted molar refractivity (Wildman–Crippen MR) is 183 cm³/mol. The number of nitrogens with zero attached hydrogens (tertiary/aromatic N) is 4. The Morgan fingerprint density at radius 1 is 1.08 bits per heavy atom. The number of hydrogen-bond donors (Lipinski definition) is 8. The maximum absolute atomic E-state index is 12.7. The summed E-state index contributed by atoms with van der Waals surface area (Å²) in [6.07, 6.45) is 4.36. The highest BCUT2D eigenvalue weighted by Gasteiger charge is 2.44. The highest BCUT2D eigenvalue weighted by Crippen LogP contribution is 2.34. The lowest BCUT2D eigenvalue weighted by Gasteiger charge is -2.16. The molecule has 0 saturated carbocycles. The van der Waals surface area contributed by atoms with Crippen molar-refractivity contribution in [3.05, 3.63) is 12.7 Å². The number of carbonyl (C=O) groups excluding carboxylic acids is 3. The van der Waals surface area contributed by atoms with Crippen molar-refractivity contribution in [2.24, 2.45) is 5.73 Å². The molecule has 8 atom stereocenters. The summed E-state index contributed by atoms with van der Waals surface area (Å²) in [6.45, 7) is 0.548. The molecular formula is C30H45N9O8S2. The second-order valence-electron chi connectivity index (χ2n) is 12.5. The van der Waals surface area contributed by atoms with E-state index in [4.69, 9.17) is 15.6 Å². The minimum atomic E-state index is -1.27. The molecule has 3 aliphatic rings. The monoisotopic (exact) mass is 723 g/mol. The van der Waals surface area contributed by atoms with Crippen LogP contribution in [-0.2, 0) is 19.1 Å². The molecule has 0 aromatic carbocycles. The van der Waals surface area contributed by atoms with Crippen molar-refractivity contribution in [1.29, 1.82) is 0 Å². The number of urea groups is 1. The number of thioether (sulfide) groups is 2. The topological polar surface area (TPSA) is 256 Å². The first-order chi connectivity index (χ1) is 23.6. The minimum Gasteiger partial charge on any atom is -0.480 e. The lowest BCUT2D eigenvalue weighted by atomic mass is 10.0. The zero-order valence-electron chi connectivity index (χ0n) is 27.0. The van der Waals surface area contributed by atoms with E-state index in [2.05, 4.69) is 36.2 Å². The van der Waals surface area contributed by atoms with E-state index in [0.717, 1.165) is 37.9 Å². The zero-order chi connectivity index (χ0) is 34.9. The van der Waals surface area contributed by atoms with Gasteiger partial charge in [-0.1, -0.05) is 12.8 Å². The Kier molecular flexibility index (Phi) is 13.3. The van der Waals surface area contributed by atoms with E-state index < -0.39 is 36.6 Å². The van der Waals surface area contributed by atoms with Crippen LogP contribution < -0.4 is 27.0 Å². The molecule has 3 saturated heterocycles. The molecule has 17 nitrogen and oxygen atoms in total. The van der Waals surface area contributed by atoms with Crippen molar-refractivity contribution in [1.82, 2.24) is 35.5 Å². The molecule has 3 fully saturated rings. The Bertz CT molecular complexity index is 1470. The number of fused-ring (bicyclic) bond motifs is 2. The Labute approximate surface area is 291 Å². The standard InChI is InChI=1S/C30H45N9O8S2/c31-16(29(44)45)9-11-48-13-18-24(42)25(43)28(47-18)39-15-35-23-26(33-14-34-27(23)39)37-21(41)8-2-1-5-10-32-20(40)7-4-3-6-19-22-17(12-49-19)36-30(46)38-22/h14-19,22,24-25,28,42-43H,1-13,31H2,(H,32,40)(H,44,45)(H2,36,38,46)(H,33,34,37,41)/t16-,17-,18+,19?,22-,24+,25?,28?/m0/s1. The Balaban J connectivity index is 0.970. The first-order valence-corrected chi connectivity index (χ1v) is 18.8. The molecule has 3 unspecified atom stereocenters. The second kappa shape index (κ2) is 17.6. The van der Waals surface area contributed by atoms with E-state index in [1.54, 1.807) is 0 Å². The van der Waals surface area contributed by atoms with Crippen molar-refractivity contribution >= 4 is 64.3 Å². The number of rotatable bonds is 19. The number of nitrogens with two attached hydrogens (primary N) is 1. The molecular weight excluding hydrogens is 679 g/mol. The average Bonchev–Trinajstić information content (AvgIpc) is 3.83. The number of hydrogen-bond acceptors (Lipinski definition) is 13. The van der Waals surface area contributed by atoms with Gasteiger partial charge in [0, 0.05) is 36.1 Å². The maximum atomic E-state index is 12.7. The molecule has 5 rings (SSSR count). The lowest BCUT2D eigenvalue weighted by Crippen LogP contribution is -2.36. The molecule has 49 heavy (non-hydrogen) atoms. The van der Waals surface area contributed by atoms with E-state index in [1.165, 1.54) is 29.0 Å². The number of imidazole rings is 1. The van der Waals surface area contributed by atoms with Crippen LogP contribution in [0.15, 0.2) is 12.7 Å². The molecule has 9 N–H and O–H groups in total. The molecule has 4 amide bonds. The number of aromatic nitrogens is 4. The van der Waals surface area contributed by atoms with Gasteiger partial charge in [-0.25, -0.2) is 19.7 Å². The van der Waals surface area contributed by atoms with Gasteiger partial charge in [-0.05, 0) is 37.9 Å². The Morgan fingerprint density at radius 3 is 2.69 bits per heavy atom. The van der Waals surface area contributed by atoms with Gasteiger partial charge in [0.25, 0.3) is 0 Å². The number of aliphatic carboxylic acids is 1. The van der Waals surface area contributed by atoms with Crippen LogP contribution in [-0.4, -0.2) is 124 Å². The highest BCUT2D eigenvalue weighted by atomic mass is 32.2. The number of carboxylic acid groups (broad SMARTS) is 1. The number of carboxylic acids is 1. The largest absolute Gasteiger partial charge is 0.480 e. The number of carbonyl (C=O) groups is 4. The van der Waals surface area contributed by atoms with Crippen LogP contribution >= 0.6 is 23.5 Å². The van der Waals surface area contributed by atoms with Gasteiger partial charge in [-0.3, -0.25) is 19.0 Å². The third-order valence-corrected chi connectivity index (χ3v) is 11.5. The quantitative estimate of drug-likeness (QED) is 0.0718.